The van der Waals surface area contributed by atoms with Crippen LogP contribution in [0.25, 0.3) is 0 Å². The van der Waals surface area contributed by atoms with Crippen LogP contribution in [0.2, 0.25) is 0 Å². The molecule has 0 saturated carbocycles. The van der Waals surface area contributed by atoms with Crippen molar-refractivity contribution in [3.05, 3.63) is 59.7 Å². The second-order valence-corrected chi connectivity index (χ2v) is 8.87. The maximum absolute atomic E-state index is 12.7. The van der Waals surface area contributed by atoms with Gasteiger partial charge in [-0.05, 0) is 35.9 Å². The minimum atomic E-state index is -4.48. The van der Waals surface area contributed by atoms with Crippen LogP contribution >= 0.6 is 0 Å². The predicted octanol–water partition coefficient (Wildman–Crippen LogP) is 2.89. The smallest absolute Gasteiger partial charge is 0.416 e. The van der Waals surface area contributed by atoms with Crippen molar-refractivity contribution in [3.63, 3.8) is 0 Å². The molecule has 1 aliphatic heterocycles. The quantitative estimate of drug-likeness (QED) is 0.433. The molecule has 0 radical (unpaired) electrons. The average Bonchev–Trinajstić information content (AvgIpc) is 2.77. The Labute approximate surface area is 183 Å². The second kappa shape index (κ2) is 10.3. The fourth-order valence-electron chi connectivity index (χ4n) is 3.03. The number of carbonyl (C=O) groups is 1. The Balaban J connectivity index is 1.44. The Morgan fingerprint density at radius 2 is 1.72 bits per heavy atom. The summed E-state index contributed by atoms with van der Waals surface area (Å²) in [5.74, 6) is -0.292. The molecule has 1 heterocycles. The topological polar surface area (TPSA) is 82.1 Å². The van der Waals surface area contributed by atoms with Gasteiger partial charge in [0.2, 0.25) is 10.0 Å². The van der Waals surface area contributed by atoms with E-state index in [1.165, 1.54) is 40.7 Å². The van der Waals surface area contributed by atoms with Gasteiger partial charge in [-0.3, -0.25) is 4.79 Å². The molecule has 1 fully saturated rings. The van der Waals surface area contributed by atoms with Gasteiger partial charge < -0.3 is 14.2 Å². The molecule has 0 atom stereocenters. The fourth-order valence-corrected chi connectivity index (χ4v) is 4.44. The lowest BCUT2D eigenvalue weighted by molar-refractivity contribution is -0.144. The number of morpholine rings is 1. The molecule has 2 aromatic rings. The molecule has 32 heavy (non-hydrogen) atoms. The number of nitrogens with zero attached hydrogens (tertiary/aromatic N) is 1. The Morgan fingerprint density at radius 1 is 1.03 bits per heavy atom. The Morgan fingerprint density at radius 3 is 2.38 bits per heavy atom. The maximum atomic E-state index is 12.7. The van der Waals surface area contributed by atoms with Crippen molar-refractivity contribution in [1.29, 1.82) is 0 Å². The zero-order valence-electron chi connectivity index (χ0n) is 17.0. The van der Waals surface area contributed by atoms with Crippen LogP contribution in [0.15, 0.2) is 53.4 Å². The molecule has 3 rings (SSSR count). The van der Waals surface area contributed by atoms with Crippen LogP contribution in [0.3, 0.4) is 0 Å². The third kappa shape index (κ3) is 6.44. The van der Waals surface area contributed by atoms with Crippen LogP contribution < -0.4 is 4.74 Å². The summed E-state index contributed by atoms with van der Waals surface area (Å²) < 4.78 is 80.3. The third-order valence-corrected chi connectivity index (χ3v) is 6.56. The van der Waals surface area contributed by atoms with Crippen molar-refractivity contribution >= 4 is 16.0 Å². The summed E-state index contributed by atoms with van der Waals surface area (Å²) in [6.07, 6.45) is -4.77. The molecule has 1 saturated heterocycles. The van der Waals surface area contributed by atoms with Crippen LogP contribution in [0.5, 0.6) is 5.75 Å². The van der Waals surface area contributed by atoms with Gasteiger partial charge in [0.15, 0.2) is 0 Å². The van der Waals surface area contributed by atoms with E-state index >= 15 is 0 Å². The van der Waals surface area contributed by atoms with Crippen LogP contribution in [-0.4, -0.2) is 58.2 Å². The summed E-state index contributed by atoms with van der Waals surface area (Å²) in [6.45, 7) is 1.20. The molecule has 11 heteroatoms. The number of alkyl halides is 3. The zero-order valence-corrected chi connectivity index (χ0v) is 17.8. The van der Waals surface area contributed by atoms with Crippen molar-refractivity contribution in [2.24, 2.45) is 0 Å². The molecule has 0 aromatic heterocycles. The first-order valence-electron chi connectivity index (χ1n) is 9.79. The van der Waals surface area contributed by atoms with Gasteiger partial charge in [-0.25, -0.2) is 8.42 Å². The van der Waals surface area contributed by atoms with E-state index in [-0.39, 0.29) is 30.1 Å². The Hall–Kier alpha value is -2.63. The number of ether oxygens (including phenoxy) is 3. The molecule has 174 valence electrons. The lowest BCUT2D eigenvalue weighted by Gasteiger charge is -2.26. The third-order valence-electron chi connectivity index (χ3n) is 4.65. The van der Waals surface area contributed by atoms with Gasteiger partial charge in [-0.15, -0.1) is 0 Å². The lowest BCUT2D eigenvalue weighted by atomic mass is 10.1. The van der Waals surface area contributed by atoms with E-state index in [2.05, 4.69) is 0 Å². The summed E-state index contributed by atoms with van der Waals surface area (Å²) >= 11 is 0. The predicted molar refractivity (Wildman–Crippen MR) is 108 cm³/mol. The molecule has 1 aliphatic rings. The summed E-state index contributed by atoms with van der Waals surface area (Å²) in [5, 5.41) is 0. The molecule has 0 amide bonds. The van der Waals surface area contributed by atoms with Crippen LogP contribution in [0.4, 0.5) is 13.2 Å². The number of carbonyl (C=O) groups excluding carboxylic acids is 1. The normalized spacial score (nSPS) is 15.3. The van der Waals surface area contributed by atoms with Crippen LogP contribution in [0, 0.1) is 0 Å². The number of esters is 1. The molecular formula is C21H22F3NO6S. The average molecular weight is 473 g/mol. The number of sulfonamides is 1. The molecule has 7 nitrogen and oxygen atoms in total. The van der Waals surface area contributed by atoms with E-state index in [1.54, 1.807) is 0 Å². The highest BCUT2D eigenvalue weighted by molar-refractivity contribution is 7.89. The minimum Gasteiger partial charge on any atom is -0.490 e. The monoisotopic (exact) mass is 473 g/mol. The highest BCUT2D eigenvalue weighted by atomic mass is 32.2. The number of halogens is 3. The van der Waals surface area contributed by atoms with E-state index in [4.69, 9.17) is 14.2 Å². The first-order chi connectivity index (χ1) is 15.2. The molecule has 0 bridgehead atoms. The number of rotatable bonds is 8. The van der Waals surface area contributed by atoms with Gasteiger partial charge in [0.25, 0.3) is 0 Å². The summed E-state index contributed by atoms with van der Waals surface area (Å²) in [7, 11) is -3.60. The largest absolute Gasteiger partial charge is 0.490 e. The standard InChI is InChI=1S/C21H22F3NO6S/c22-21(23,24)17-3-1-2-16(14-17)15-20(26)31-13-12-30-18-4-6-19(7-5-18)32(27,28)25-8-10-29-11-9-25/h1-7,14H,8-13,15H2. The number of benzene rings is 2. The highest BCUT2D eigenvalue weighted by Gasteiger charge is 2.30. The van der Waals surface area contributed by atoms with Gasteiger partial charge in [0, 0.05) is 13.1 Å². The van der Waals surface area contributed by atoms with Crippen molar-refractivity contribution in [3.8, 4) is 5.75 Å². The zero-order chi connectivity index (χ0) is 23.2. The van der Waals surface area contributed by atoms with Gasteiger partial charge in [-0.2, -0.15) is 17.5 Å². The molecule has 0 aliphatic carbocycles. The molecule has 0 spiro atoms. The molecule has 2 aromatic carbocycles. The summed E-state index contributed by atoms with van der Waals surface area (Å²) in [4.78, 5) is 12.0. The second-order valence-electron chi connectivity index (χ2n) is 6.93. The number of hydrogen-bond acceptors (Lipinski definition) is 6. The van der Waals surface area contributed by atoms with Crippen molar-refractivity contribution in [2.45, 2.75) is 17.5 Å². The van der Waals surface area contributed by atoms with E-state index in [9.17, 15) is 26.4 Å². The van der Waals surface area contributed by atoms with Gasteiger partial charge in [0.1, 0.15) is 19.0 Å². The van der Waals surface area contributed by atoms with Crippen molar-refractivity contribution in [1.82, 2.24) is 4.31 Å². The highest BCUT2D eigenvalue weighted by Crippen LogP contribution is 2.29. The van der Waals surface area contributed by atoms with Crippen LogP contribution in [-0.2, 0) is 36.9 Å². The van der Waals surface area contributed by atoms with E-state index < -0.39 is 27.7 Å². The minimum absolute atomic E-state index is 0.00386. The van der Waals surface area contributed by atoms with E-state index in [0.717, 1.165) is 12.1 Å². The Kier molecular flexibility index (Phi) is 7.75. The van der Waals surface area contributed by atoms with Gasteiger partial charge in [0.05, 0.1) is 30.1 Å². The Bertz CT molecular complexity index is 1020. The van der Waals surface area contributed by atoms with Crippen molar-refractivity contribution < 1.29 is 40.6 Å². The molecule has 0 unspecified atom stereocenters. The SMILES string of the molecule is O=C(Cc1cccc(C(F)(F)F)c1)OCCOc1ccc(S(=O)(=O)N2CCOCC2)cc1. The summed E-state index contributed by atoms with van der Waals surface area (Å²) in [6, 6.07) is 10.3. The van der Waals surface area contributed by atoms with E-state index in [0.29, 0.717) is 32.1 Å². The molecule has 0 N–H and O–H groups in total. The van der Waals surface area contributed by atoms with Gasteiger partial charge in [-0.1, -0.05) is 18.2 Å². The first-order valence-corrected chi connectivity index (χ1v) is 11.2. The van der Waals surface area contributed by atoms with Gasteiger partial charge >= 0.3 is 12.1 Å². The molecular weight excluding hydrogens is 451 g/mol. The maximum Gasteiger partial charge on any atom is 0.416 e. The first kappa shape index (κ1) is 24.0. The van der Waals surface area contributed by atoms with Crippen LogP contribution in [0.1, 0.15) is 11.1 Å². The van der Waals surface area contributed by atoms with Crippen molar-refractivity contribution in [2.75, 3.05) is 39.5 Å². The van der Waals surface area contributed by atoms with E-state index in [1.807, 2.05) is 0 Å². The lowest BCUT2D eigenvalue weighted by Crippen LogP contribution is -2.40. The summed E-state index contributed by atoms with van der Waals surface area (Å²) in [5.41, 5.74) is -0.631. The number of hydrogen-bond donors (Lipinski definition) is 0. The fraction of sp³-hybridized carbons (Fsp3) is 0.381.